The van der Waals surface area contributed by atoms with Crippen LogP contribution in [0.4, 0.5) is 10.2 Å². The van der Waals surface area contributed by atoms with Crippen LogP contribution in [-0.2, 0) is 32.7 Å². The molecule has 0 bridgehead atoms. The molecule has 0 saturated carbocycles. The molecule has 1 aliphatic rings. The average Bonchev–Trinajstić information content (AvgIpc) is 3.29. The molecule has 0 aliphatic carbocycles. The molecule has 1 amide bonds. The molecule has 0 aromatic carbocycles. The first-order valence-electron chi connectivity index (χ1n) is 13.5. The fraction of sp³-hybridized carbons (Fsp3) is 0.630. The number of anilines is 1. The van der Waals surface area contributed by atoms with E-state index in [2.05, 4.69) is 27.9 Å². The van der Waals surface area contributed by atoms with Gasteiger partial charge in [-0.1, -0.05) is 29.3 Å². The van der Waals surface area contributed by atoms with E-state index < -0.39 is 36.2 Å². The number of nitrogens with one attached hydrogen (secondary N) is 2. The number of carboxylic acid groups (broad SMARTS) is 1. The number of carbonyl (C=O) groups excluding carboxylic acids is 1. The normalized spacial score (nSPS) is 14.9. The molecule has 40 heavy (non-hydrogen) atoms. The number of methoxy groups -OCH3 is 1. The molecule has 222 valence electrons. The van der Waals surface area contributed by atoms with E-state index in [1.165, 1.54) is 23.4 Å². The number of hydrogen-bond donors (Lipinski definition) is 3. The first-order valence-corrected chi connectivity index (χ1v) is 14.3. The summed E-state index contributed by atoms with van der Waals surface area (Å²) in [6, 6.07) is 4.44. The van der Waals surface area contributed by atoms with Gasteiger partial charge in [0.1, 0.15) is 29.2 Å². The summed E-state index contributed by atoms with van der Waals surface area (Å²) < 4.78 is 19.9. The Morgan fingerprint density at radius 3 is 2.73 bits per heavy atom. The van der Waals surface area contributed by atoms with Crippen LogP contribution in [0.1, 0.15) is 50.8 Å². The lowest BCUT2D eigenvalue weighted by Gasteiger charge is -2.29. The zero-order valence-electron chi connectivity index (χ0n) is 23.3. The largest absolute Gasteiger partial charge is 0.480 e. The van der Waals surface area contributed by atoms with E-state index >= 15 is 0 Å². The van der Waals surface area contributed by atoms with Crippen molar-refractivity contribution in [2.75, 3.05) is 45.3 Å². The standard InChI is InChI=1S/C27H39Cl2FN6O4/c1-27(2,36-23(29)15-22(28)34-36)26(39)33-21(25(37)38)11-14-35(17-20(16-30)40-3)13-5-4-8-19-10-9-18-7-6-12-31-24(18)32-19/h9-10,15,20-21H,4-8,11-14,16-17H2,1-3H3,(H,31,32)(H,33,39)(H,37,38). The Morgan fingerprint density at radius 1 is 1.30 bits per heavy atom. The van der Waals surface area contributed by atoms with E-state index in [9.17, 15) is 19.1 Å². The molecule has 0 saturated heterocycles. The predicted molar refractivity (Wildman–Crippen MR) is 153 cm³/mol. The minimum absolute atomic E-state index is 0.117. The monoisotopic (exact) mass is 600 g/mol. The third-order valence-electron chi connectivity index (χ3n) is 7.14. The number of carbonyl (C=O) groups is 2. The number of aryl methyl sites for hydroxylation is 2. The second-order valence-electron chi connectivity index (χ2n) is 10.5. The highest BCUT2D eigenvalue weighted by Gasteiger charge is 2.35. The van der Waals surface area contributed by atoms with Gasteiger partial charge in [0.05, 0.1) is 6.10 Å². The second kappa shape index (κ2) is 15.0. The van der Waals surface area contributed by atoms with E-state index in [0.29, 0.717) is 19.6 Å². The maximum absolute atomic E-state index is 13.4. The number of halogens is 3. The molecular weight excluding hydrogens is 562 g/mol. The Kier molecular flexibility index (Phi) is 12.0. The smallest absolute Gasteiger partial charge is 0.326 e. The average molecular weight is 602 g/mol. The van der Waals surface area contributed by atoms with Crippen molar-refractivity contribution in [1.29, 1.82) is 0 Å². The summed E-state index contributed by atoms with van der Waals surface area (Å²) in [7, 11) is 1.45. The molecule has 0 fully saturated rings. The summed E-state index contributed by atoms with van der Waals surface area (Å²) in [6.07, 6.45) is 4.13. The summed E-state index contributed by atoms with van der Waals surface area (Å²) >= 11 is 12.1. The van der Waals surface area contributed by atoms with Crippen LogP contribution in [0.3, 0.4) is 0 Å². The van der Waals surface area contributed by atoms with Crippen LogP contribution in [0.15, 0.2) is 18.2 Å². The van der Waals surface area contributed by atoms with Gasteiger partial charge < -0.3 is 25.4 Å². The summed E-state index contributed by atoms with van der Waals surface area (Å²) in [6.45, 7) is 4.68. The number of aliphatic carboxylic acids is 1. The number of fused-ring (bicyclic) bond motifs is 1. The number of rotatable bonds is 16. The van der Waals surface area contributed by atoms with Gasteiger partial charge in [0, 0.05) is 38.5 Å². The van der Waals surface area contributed by atoms with Crippen molar-refractivity contribution >= 4 is 40.9 Å². The van der Waals surface area contributed by atoms with Crippen molar-refractivity contribution < 1.29 is 23.8 Å². The molecule has 10 nitrogen and oxygen atoms in total. The van der Waals surface area contributed by atoms with Crippen molar-refractivity contribution in [1.82, 2.24) is 25.0 Å². The number of unbranched alkanes of at least 4 members (excludes halogenated alkanes) is 1. The van der Waals surface area contributed by atoms with E-state index in [1.54, 1.807) is 13.8 Å². The van der Waals surface area contributed by atoms with Gasteiger partial charge in [-0.05, 0) is 70.5 Å². The Morgan fingerprint density at radius 2 is 2.08 bits per heavy atom. The summed E-state index contributed by atoms with van der Waals surface area (Å²) in [5, 5.41) is 20.1. The highest BCUT2D eigenvalue weighted by Crippen LogP contribution is 2.25. The summed E-state index contributed by atoms with van der Waals surface area (Å²) in [5.74, 6) is -0.771. The fourth-order valence-electron chi connectivity index (χ4n) is 4.64. The number of alkyl halides is 1. The van der Waals surface area contributed by atoms with Crippen molar-refractivity contribution in [2.24, 2.45) is 0 Å². The zero-order chi connectivity index (χ0) is 29.3. The number of aromatic nitrogens is 3. The Hall–Kier alpha value is -2.47. The lowest BCUT2D eigenvalue weighted by molar-refractivity contribution is -0.143. The lowest BCUT2D eigenvalue weighted by atomic mass is 10.0. The van der Waals surface area contributed by atoms with Crippen LogP contribution in [0.5, 0.6) is 0 Å². The van der Waals surface area contributed by atoms with Crippen molar-refractivity contribution in [3.05, 3.63) is 39.8 Å². The number of carboxylic acids is 1. The molecular formula is C27H39Cl2FN6O4. The molecule has 3 N–H and O–H groups in total. The first kappa shape index (κ1) is 32.0. The minimum Gasteiger partial charge on any atom is -0.480 e. The fourth-order valence-corrected chi connectivity index (χ4v) is 5.23. The number of nitrogens with zero attached hydrogens (tertiary/aromatic N) is 4. The molecule has 2 aromatic rings. The summed E-state index contributed by atoms with van der Waals surface area (Å²) in [5.41, 5.74) is 0.985. The molecule has 0 radical (unpaired) electrons. The van der Waals surface area contributed by atoms with E-state index in [4.69, 9.17) is 32.9 Å². The Bertz CT molecular complexity index is 1140. The third kappa shape index (κ3) is 8.76. The highest BCUT2D eigenvalue weighted by atomic mass is 35.5. The zero-order valence-corrected chi connectivity index (χ0v) is 24.8. The van der Waals surface area contributed by atoms with Crippen molar-refractivity contribution in [3.63, 3.8) is 0 Å². The third-order valence-corrected chi connectivity index (χ3v) is 7.59. The van der Waals surface area contributed by atoms with E-state index in [0.717, 1.165) is 50.2 Å². The van der Waals surface area contributed by atoms with Gasteiger partial charge in [-0.25, -0.2) is 18.9 Å². The SMILES string of the molecule is COC(CF)CN(CCCCc1ccc2c(n1)NCCC2)CCC(NC(=O)C(C)(C)n1nc(Cl)cc1Cl)C(=O)O. The van der Waals surface area contributed by atoms with Gasteiger partial charge in [0.15, 0.2) is 5.15 Å². The van der Waals surface area contributed by atoms with Gasteiger partial charge in [-0.15, -0.1) is 0 Å². The number of ether oxygens (including phenoxy) is 1. The molecule has 2 unspecified atom stereocenters. The Balaban J connectivity index is 1.57. The van der Waals surface area contributed by atoms with Crippen molar-refractivity contribution in [2.45, 2.75) is 70.1 Å². The van der Waals surface area contributed by atoms with Crippen molar-refractivity contribution in [3.8, 4) is 0 Å². The maximum atomic E-state index is 13.4. The lowest BCUT2D eigenvalue weighted by Crippen LogP contribution is -2.52. The molecule has 1 aliphatic heterocycles. The molecule has 13 heteroatoms. The number of pyridine rings is 1. The second-order valence-corrected chi connectivity index (χ2v) is 11.3. The number of hydrogen-bond acceptors (Lipinski definition) is 7. The van der Waals surface area contributed by atoms with Gasteiger partial charge in [0.2, 0.25) is 5.91 Å². The van der Waals surface area contributed by atoms with E-state index in [1.807, 2.05) is 4.90 Å². The van der Waals surface area contributed by atoms with Crippen LogP contribution in [-0.4, -0.2) is 88.8 Å². The summed E-state index contributed by atoms with van der Waals surface area (Å²) in [4.78, 5) is 31.8. The van der Waals surface area contributed by atoms with Gasteiger partial charge in [0.25, 0.3) is 0 Å². The number of amides is 1. The minimum atomic E-state index is -1.28. The van der Waals surface area contributed by atoms with Gasteiger partial charge in [-0.3, -0.25) is 4.79 Å². The highest BCUT2D eigenvalue weighted by molar-refractivity contribution is 6.33. The van der Waals surface area contributed by atoms with Gasteiger partial charge >= 0.3 is 5.97 Å². The predicted octanol–water partition coefficient (Wildman–Crippen LogP) is 3.95. The van der Waals surface area contributed by atoms with Crippen LogP contribution >= 0.6 is 23.2 Å². The van der Waals surface area contributed by atoms with Gasteiger partial charge in [-0.2, -0.15) is 5.10 Å². The molecule has 2 aromatic heterocycles. The maximum Gasteiger partial charge on any atom is 0.326 e. The topological polar surface area (TPSA) is 122 Å². The van der Waals surface area contributed by atoms with Crippen LogP contribution < -0.4 is 10.6 Å². The molecule has 3 heterocycles. The molecule has 2 atom stereocenters. The Labute approximate surface area is 244 Å². The van der Waals surface area contributed by atoms with Crippen LogP contribution in [0.25, 0.3) is 0 Å². The van der Waals surface area contributed by atoms with Crippen LogP contribution in [0, 0.1) is 0 Å². The van der Waals surface area contributed by atoms with E-state index in [-0.39, 0.29) is 16.7 Å². The molecule has 0 spiro atoms. The first-order chi connectivity index (χ1) is 19.0. The molecule has 3 rings (SSSR count). The quantitative estimate of drug-likeness (QED) is 0.248. The van der Waals surface area contributed by atoms with Crippen LogP contribution in [0.2, 0.25) is 10.3 Å².